The van der Waals surface area contributed by atoms with Crippen LogP contribution in [-0.2, 0) is 12.0 Å². The first-order valence-electron chi connectivity index (χ1n) is 9.36. The summed E-state index contributed by atoms with van der Waals surface area (Å²) in [6.07, 6.45) is 0. The Labute approximate surface area is 175 Å². The minimum absolute atomic E-state index is 0.0578. The summed E-state index contributed by atoms with van der Waals surface area (Å²) in [5, 5.41) is 0.707. The highest BCUT2D eigenvalue weighted by Crippen LogP contribution is 2.27. The van der Waals surface area contributed by atoms with Gasteiger partial charge in [-0.25, -0.2) is 0 Å². The minimum Gasteiger partial charge on any atom is -0.316 e. The van der Waals surface area contributed by atoms with Crippen molar-refractivity contribution in [1.29, 1.82) is 0 Å². The third-order valence-electron chi connectivity index (χ3n) is 4.71. The third-order valence-corrected chi connectivity index (χ3v) is 5.95. The van der Waals surface area contributed by atoms with E-state index >= 15 is 0 Å². The molecule has 146 valence electrons. The Morgan fingerprint density at radius 2 is 1.68 bits per heavy atom. The average molecular weight is 413 g/mol. The van der Waals surface area contributed by atoms with E-state index in [1.165, 1.54) is 16.9 Å². The Kier molecular flexibility index (Phi) is 5.92. The molecule has 0 fully saturated rings. The number of aromatic nitrogens is 1. The maximum absolute atomic E-state index is 12.8. The SMILES string of the molecule is CCn1c(-c2ccc(Cl)cc2)c(C)sc1=NC(=O)c1ccc(C(C)(C)C)cc1. The summed E-state index contributed by atoms with van der Waals surface area (Å²) in [5.74, 6) is -0.216. The lowest BCUT2D eigenvalue weighted by Crippen LogP contribution is -2.17. The van der Waals surface area contributed by atoms with Crippen LogP contribution in [0.5, 0.6) is 0 Å². The number of carbonyl (C=O) groups excluding carboxylic acids is 1. The van der Waals surface area contributed by atoms with Gasteiger partial charge in [0.05, 0.1) is 5.69 Å². The van der Waals surface area contributed by atoms with Crippen molar-refractivity contribution in [3.63, 3.8) is 0 Å². The zero-order valence-corrected chi connectivity index (χ0v) is 18.5. The zero-order chi connectivity index (χ0) is 20.5. The Balaban J connectivity index is 2.01. The lowest BCUT2D eigenvalue weighted by Gasteiger charge is -2.18. The highest BCUT2D eigenvalue weighted by Gasteiger charge is 2.15. The minimum atomic E-state index is -0.216. The van der Waals surface area contributed by atoms with E-state index in [4.69, 9.17) is 11.6 Å². The molecule has 3 aromatic rings. The number of thiazole rings is 1. The molecule has 3 rings (SSSR count). The van der Waals surface area contributed by atoms with Crippen molar-refractivity contribution in [1.82, 2.24) is 4.57 Å². The van der Waals surface area contributed by atoms with Gasteiger partial charge in [0.15, 0.2) is 4.80 Å². The molecule has 28 heavy (non-hydrogen) atoms. The quantitative estimate of drug-likeness (QED) is 0.501. The molecule has 0 saturated heterocycles. The predicted octanol–water partition coefficient (Wildman–Crippen LogP) is 6.24. The molecule has 0 unspecified atom stereocenters. The van der Waals surface area contributed by atoms with Crippen molar-refractivity contribution in [2.75, 3.05) is 0 Å². The number of hydrogen-bond acceptors (Lipinski definition) is 2. The van der Waals surface area contributed by atoms with Gasteiger partial charge < -0.3 is 4.57 Å². The van der Waals surface area contributed by atoms with Gasteiger partial charge in [-0.15, -0.1) is 11.3 Å². The summed E-state index contributed by atoms with van der Waals surface area (Å²) >= 11 is 7.56. The molecular weight excluding hydrogens is 388 g/mol. The van der Waals surface area contributed by atoms with Gasteiger partial charge >= 0.3 is 0 Å². The molecule has 0 N–H and O–H groups in total. The van der Waals surface area contributed by atoms with E-state index in [1.807, 2.05) is 48.5 Å². The fourth-order valence-electron chi connectivity index (χ4n) is 3.13. The van der Waals surface area contributed by atoms with Crippen molar-refractivity contribution in [2.24, 2.45) is 4.99 Å². The van der Waals surface area contributed by atoms with Crippen molar-refractivity contribution in [3.8, 4) is 11.3 Å². The fraction of sp³-hybridized carbons (Fsp3) is 0.304. The standard InChI is InChI=1S/C23H25ClN2OS/c1-6-26-20(16-9-13-19(24)14-10-16)15(2)28-22(26)25-21(27)17-7-11-18(12-8-17)23(3,4)5/h7-14H,6H2,1-5H3. The van der Waals surface area contributed by atoms with Crippen LogP contribution in [0.3, 0.4) is 0 Å². The van der Waals surface area contributed by atoms with E-state index in [9.17, 15) is 4.79 Å². The lowest BCUT2D eigenvalue weighted by molar-refractivity contribution is 0.0997. The van der Waals surface area contributed by atoms with Crippen LogP contribution in [0, 0.1) is 6.92 Å². The number of carbonyl (C=O) groups is 1. The molecule has 3 nitrogen and oxygen atoms in total. The molecule has 0 aliphatic heterocycles. The Bertz CT molecular complexity index is 1050. The summed E-state index contributed by atoms with van der Waals surface area (Å²) in [6.45, 7) is 11.3. The van der Waals surface area contributed by atoms with E-state index in [0.717, 1.165) is 27.5 Å². The van der Waals surface area contributed by atoms with Gasteiger partial charge in [0.25, 0.3) is 5.91 Å². The average Bonchev–Trinajstić information content (AvgIpc) is 2.96. The molecular formula is C23H25ClN2OS. The first kappa shape index (κ1) is 20.6. The second-order valence-corrected chi connectivity index (χ2v) is 9.40. The van der Waals surface area contributed by atoms with Gasteiger partial charge in [-0.2, -0.15) is 4.99 Å². The fourth-order valence-corrected chi connectivity index (χ4v) is 4.32. The molecule has 1 amide bonds. The van der Waals surface area contributed by atoms with Gasteiger partial charge in [0.1, 0.15) is 0 Å². The van der Waals surface area contributed by atoms with Crippen LogP contribution < -0.4 is 4.80 Å². The van der Waals surface area contributed by atoms with Gasteiger partial charge in [-0.05, 0) is 54.7 Å². The molecule has 0 aliphatic rings. The van der Waals surface area contributed by atoms with Gasteiger partial charge in [0, 0.05) is 22.0 Å². The molecule has 0 spiro atoms. The number of amides is 1. The van der Waals surface area contributed by atoms with Crippen molar-refractivity contribution in [2.45, 2.75) is 46.6 Å². The van der Waals surface area contributed by atoms with Crippen molar-refractivity contribution < 1.29 is 4.79 Å². The van der Waals surface area contributed by atoms with Crippen molar-refractivity contribution in [3.05, 3.63) is 74.4 Å². The zero-order valence-electron chi connectivity index (χ0n) is 16.9. The van der Waals surface area contributed by atoms with Crippen LogP contribution in [0.1, 0.15) is 48.5 Å². The molecule has 0 atom stereocenters. The smallest absolute Gasteiger partial charge is 0.279 e. The summed E-state index contributed by atoms with van der Waals surface area (Å²) in [4.78, 5) is 19.0. The number of aryl methyl sites for hydroxylation is 1. The number of benzene rings is 2. The van der Waals surface area contributed by atoms with Gasteiger partial charge in [0.2, 0.25) is 0 Å². The number of rotatable bonds is 3. The highest BCUT2D eigenvalue weighted by molar-refractivity contribution is 7.09. The maximum Gasteiger partial charge on any atom is 0.279 e. The van der Waals surface area contributed by atoms with Crippen LogP contribution in [0.15, 0.2) is 53.5 Å². The van der Waals surface area contributed by atoms with Gasteiger partial charge in [-0.3, -0.25) is 4.79 Å². The Hall–Kier alpha value is -2.17. The lowest BCUT2D eigenvalue weighted by atomic mass is 9.87. The van der Waals surface area contributed by atoms with Crippen LogP contribution >= 0.6 is 22.9 Å². The third kappa shape index (κ3) is 4.29. The van der Waals surface area contributed by atoms with E-state index in [0.29, 0.717) is 10.6 Å². The summed E-state index contributed by atoms with van der Waals surface area (Å²) in [7, 11) is 0. The second kappa shape index (κ2) is 8.06. The summed E-state index contributed by atoms with van der Waals surface area (Å²) < 4.78 is 2.09. The normalized spacial score (nSPS) is 12.4. The monoisotopic (exact) mass is 412 g/mol. The molecule has 1 heterocycles. The topological polar surface area (TPSA) is 34.4 Å². The molecule has 2 aromatic carbocycles. The molecule has 0 saturated carbocycles. The van der Waals surface area contributed by atoms with Crippen LogP contribution in [0.2, 0.25) is 5.02 Å². The number of halogens is 1. The maximum atomic E-state index is 12.8. The highest BCUT2D eigenvalue weighted by atomic mass is 35.5. The molecule has 0 aliphatic carbocycles. The first-order valence-corrected chi connectivity index (χ1v) is 10.6. The van der Waals surface area contributed by atoms with E-state index in [-0.39, 0.29) is 11.3 Å². The second-order valence-electron chi connectivity index (χ2n) is 7.78. The molecule has 0 bridgehead atoms. The van der Waals surface area contributed by atoms with E-state index < -0.39 is 0 Å². The van der Waals surface area contributed by atoms with E-state index in [2.05, 4.69) is 44.2 Å². The van der Waals surface area contributed by atoms with Crippen LogP contribution in [0.4, 0.5) is 0 Å². The predicted molar refractivity (Wildman–Crippen MR) is 118 cm³/mol. The largest absolute Gasteiger partial charge is 0.316 e. The summed E-state index contributed by atoms with van der Waals surface area (Å²) in [6, 6.07) is 15.5. The van der Waals surface area contributed by atoms with E-state index in [1.54, 1.807) is 0 Å². The first-order chi connectivity index (χ1) is 13.2. The number of hydrogen-bond donors (Lipinski definition) is 0. The van der Waals surface area contributed by atoms with Gasteiger partial charge in [-0.1, -0.05) is 56.6 Å². The molecule has 5 heteroatoms. The Morgan fingerprint density at radius 1 is 1.07 bits per heavy atom. The summed E-state index contributed by atoms with van der Waals surface area (Å²) in [5.41, 5.74) is 4.02. The molecule has 1 aromatic heterocycles. The molecule has 0 radical (unpaired) electrons. The van der Waals surface area contributed by atoms with Crippen LogP contribution in [-0.4, -0.2) is 10.5 Å². The number of nitrogens with zero attached hydrogens (tertiary/aromatic N) is 2. The Morgan fingerprint density at radius 3 is 2.21 bits per heavy atom. The van der Waals surface area contributed by atoms with Crippen LogP contribution in [0.25, 0.3) is 11.3 Å². The van der Waals surface area contributed by atoms with Crippen molar-refractivity contribution >= 4 is 28.8 Å².